The number of rotatable bonds is 8. The van der Waals surface area contributed by atoms with E-state index in [0.29, 0.717) is 29.4 Å². The first-order valence-electron chi connectivity index (χ1n) is 7.16. The minimum absolute atomic E-state index is 0.148. The highest BCUT2D eigenvalue weighted by Gasteiger charge is 2.10. The van der Waals surface area contributed by atoms with Crippen LogP contribution in [0.2, 0.25) is 5.02 Å². The zero-order valence-corrected chi connectivity index (χ0v) is 13.5. The summed E-state index contributed by atoms with van der Waals surface area (Å²) in [7, 11) is 1.88. The van der Waals surface area contributed by atoms with Gasteiger partial charge in [-0.05, 0) is 30.3 Å². The van der Waals surface area contributed by atoms with Crippen LogP contribution in [0.25, 0.3) is 0 Å². The molecule has 0 aliphatic rings. The Kier molecular flexibility index (Phi) is 6.26. The lowest BCUT2D eigenvalue weighted by atomic mass is 10.2. The van der Waals surface area contributed by atoms with Gasteiger partial charge in [-0.3, -0.25) is 4.79 Å². The summed E-state index contributed by atoms with van der Waals surface area (Å²) in [6.07, 6.45) is -0.0601. The fraction of sp³-hybridized carbons (Fsp3) is 0.235. The average Bonchev–Trinajstić information content (AvgIpc) is 2.54. The smallest absolute Gasteiger partial charge is 0.211 e. The van der Waals surface area contributed by atoms with E-state index in [4.69, 9.17) is 16.3 Å². The van der Waals surface area contributed by atoms with Crippen LogP contribution in [0.4, 0.5) is 11.4 Å². The number of nitrogens with zero attached hydrogens (tertiary/aromatic N) is 1. The maximum absolute atomic E-state index is 10.4. The van der Waals surface area contributed by atoms with E-state index in [0.717, 1.165) is 5.69 Å². The first kappa shape index (κ1) is 17.1. The molecule has 0 aromatic heterocycles. The van der Waals surface area contributed by atoms with Crippen molar-refractivity contribution in [2.24, 2.45) is 0 Å². The number of anilines is 2. The van der Waals surface area contributed by atoms with Crippen LogP contribution in [-0.4, -0.2) is 37.8 Å². The Labute approximate surface area is 140 Å². The van der Waals surface area contributed by atoms with Crippen molar-refractivity contribution in [1.29, 1.82) is 0 Å². The van der Waals surface area contributed by atoms with Gasteiger partial charge in [0.05, 0.1) is 0 Å². The summed E-state index contributed by atoms with van der Waals surface area (Å²) in [6, 6.07) is 14.4. The first-order valence-corrected chi connectivity index (χ1v) is 7.54. The van der Waals surface area contributed by atoms with Crippen LogP contribution in [0.5, 0.6) is 5.75 Å². The minimum atomic E-state index is -0.665. The number of carbonyl (C=O) groups is 1. The molecule has 0 radical (unpaired) electrons. The quantitative estimate of drug-likeness (QED) is 0.729. The molecule has 0 heterocycles. The maximum atomic E-state index is 10.4. The van der Waals surface area contributed by atoms with Gasteiger partial charge >= 0.3 is 0 Å². The number of hydrogen-bond donors (Lipinski definition) is 2. The summed E-state index contributed by atoms with van der Waals surface area (Å²) in [6.45, 7) is 0.558. The Bertz CT molecular complexity index is 651. The van der Waals surface area contributed by atoms with Crippen molar-refractivity contribution < 1.29 is 14.6 Å². The van der Waals surface area contributed by atoms with Gasteiger partial charge in [-0.15, -0.1) is 0 Å². The predicted molar refractivity (Wildman–Crippen MR) is 92.4 cm³/mol. The van der Waals surface area contributed by atoms with Gasteiger partial charge in [0, 0.05) is 36.1 Å². The highest BCUT2D eigenvalue weighted by atomic mass is 35.5. The van der Waals surface area contributed by atoms with Crippen LogP contribution in [0.3, 0.4) is 0 Å². The molecule has 1 atom stereocenters. The summed E-state index contributed by atoms with van der Waals surface area (Å²) in [5, 5.41) is 13.3. The number of benzene rings is 2. The summed E-state index contributed by atoms with van der Waals surface area (Å²) in [4.78, 5) is 12.3. The molecule has 2 aromatic carbocycles. The van der Waals surface area contributed by atoms with Crippen molar-refractivity contribution in [3.8, 4) is 5.75 Å². The molecule has 6 heteroatoms. The normalized spacial score (nSPS) is 11.6. The Morgan fingerprint density at radius 2 is 2.09 bits per heavy atom. The molecule has 0 spiro atoms. The molecular formula is C17H19ClN2O3. The minimum Gasteiger partial charge on any atom is -0.491 e. The molecular weight excluding hydrogens is 316 g/mol. The molecule has 2 N–H and O–H groups in total. The second-order valence-corrected chi connectivity index (χ2v) is 5.55. The standard InChI is InChI=1S/C17H19ClN2O3/c1-20(15-6-2-4-13(18)8-15)10-16(22)11-23-17-7-3-5-14(9-17)19-12-21/h2-9,12,16,22H,10-11H2,1H3,(H,19,21). The average molecular weight is 335 g/mol. The number of hydrogen-bond acceptors (Lipinski definition) is 4. The number of likely N-dealkylation sites (N-methyl/N-ethyl adjacent to an activating group) is 1. The number of carbonyl (C=O) groups excluding carboxylic acids is 1. The largest absolute Gasteiger partial charge is 0.491 e. The molecule has 0 saturated carbocycles. The van der Waals surface area contributed by atoms with Gasteiger partial charge in [-0.1, -0.05) is 23.7 Å². The summed E-state index contributed by atoms with van der Waals surface area (Å²) < 4.78 is 5.56. The lowest BCUT2D eigenvalue weighted by Crippen LogP contribution is -2.33. The Balaban J connectivity index is 1.86. The molecule has 2 rings (SSSR count). The van der Waals surface area contributed by atoms with Crippen molar-refractivity contribution in [3.05, 3.63) is 53.6 Å². The van der Waals surface area contributed by atoms with E-state index in [2.05, 4.69) is 5.32 Å². The van der Waals surface area contributed by atoms with Gasteiger partial charge in [0.2, 0.25) is 6.41 Å². The zero-order chi connectivity index (χ0) is 16.7. The Morgan fingerprint density at radius 3 is 2.83 bits per heavy atom. The van der Waals surface area contributed by atoms with Gasteiger partial charge in [0.1, 0.15) is 18.5 Å². The van der Waals surface area contributed by atoms with E-state index in [9.17, 15) is 9.90 Å². The fourth-order valence-electron chi connectivity index (χ4n) is 2.12. The van der Waals surface area contributed by atoms with Crippen molar-refractivity contribution >= 4 is 29.4 Å². The van der Waals surface area contributed by atoms with E-state index in [1.807, 2.05) is 30.1 Å². The summed E-state index contributed by atoms with van der Waals surface area (Å²) >= 11 is 5.96. The molecule has 122 valence electrons. The van der Waals surface area contributed by atoms with E-state index in [-0.39, 0.29) is 6.61 Å². The monoisotopic (exact) mass is 334 g/mol. The lowest BCUT2D eigenvalue weighted by Gasteiger charge is -2.23. The SMILES string of the molecule is CN(CC(O)COc1cccc(NC=O)c1)c1cccc(Cl)c1. The Hall–Kier alpha value is -2.24. The van der Waals surface area contributed by atoms with Crippen molar-refractivity contribution in [2.45, 2.75) is 6.10 Å². The second-order valence-electron chi connectivity index (χ2n) is 5.12. The molecule has 0 aliphatic heterocycles. The van der Waals surface area contributed by atoms with Gasteiger partial charge in [0.15, 0.2) is 0 Å². The van der Waals surface area contributed by atoms with Crippen LogP contribution < -0.4 is 15.0 Å². The number of ether oxygens (including phenoxy) is 1. The zero-order valence-electron chi connectivity index (χ0n) is 12.8. The Morgan fingerprint density at radius 1 is 1.30 bits per heavy atom. The lowest BCUT2D eigenvalue weighted by molar-refractivity contribution is -0.105. The number of halogens is 1. The van der Waals surface area contributed by atoms with E-state index in [1.54, 1.807) is 30.3 Å². The summed E-state index contributed by atoms with van der Waals surface area (Å²) in [5.74, 6) is 0.585. The molecule has 5 nitrogen and oxygen atoms in total. The number of aliphatic hydroxyl groups is 1. The van der Waals surface area contributed by atoms with Gasteiger partial charge in [-0.25, -0.2) is 0 Å². The predicted octanol–water partition coefficient (Wildman–Crippen LogP) is 2.78. The highest BCUT2D eigenvalue weighted by Crippen LogP contribution is 2.19. The molecule has 0 saturated heterocycles. The van der Waals surface area contributed by atoms with Crippen molar-refractivity contribution in [1.82, 2.24) is 0 Å². The van der Waals surface area contributed by atoms with E-state index >= 15 is 0 Å². The van der Waals surface area contributed by atoms with Crippen LogP contribution >= 0.6 is 11.6 Å². The van der Waals surface area contributed by atoms with E-state index in [1.165, 1.54) is 0 Å². The van der Waals surface area contributed by atoms with Crippen LogP contribution in [-0.2, 0) is 4.79 Å². The molecule has 0 bridgehead atoms. The van der Waals surface area contributed by atoms with Crippen LogP contribution in [0.1, 0.15) is 0 Å². The molecule has 1 amide bonds. The fourth-order valence-corrected chi connectivity index (χ4v) is 2.31. The van der Waals surface area contributed by atoms with Gasteiger partial charge < -0.3 is 20.1 Å². The third-order valence-corrected chi connectivity index (χ3v) is 3.47. The topological polar surface area (TPSA) is 61.8 Å². The number of nitrogens with one attached hydrogen (secondary N) is 1. The molecule has 23 heavy (non-hydrogen) atoms. The van der Waals surface area contributed by atoms with Crippen LogP contribution in [0, 0.1) is 0 Å². The molecule has 2 aromatic rings. The van der Waals surface area contributed by atoms with Crippen molar-refractivity contribution in [3.63, 3.8) is 0 Å². The van der Waals surface area contributed by atoms with Gasteiger partial charge in [0.25, 0.3) is 0 Å². The van der Waals surface area contributed by atoms with E-state index < -0.39 is 6.10 Å². The molecule has 1 unspecified atom stereocenters. The third-order valence-electron chi connectivity index (χ3n) is 3.24. The highest BCUT2D eigenvalue weighted by molar-refractivity contribution is 6.30. The third kappa shape index (κ3) is 5.47. The van der Waals surface area contributed by atoms with Crippen LogP contribution in [0.15, 0.2) is 48.5 Å². The second kappa shape index (κ2) is 8.41. The first-order chi connectivity index (χ1) is 11.1. The van der Waals surface area contributed by atoms with Gasteiger partial charge in [-0.2, -0.15) is 0 Å². The molecule has 0 fully saturated rings. The number of aliphatic hydroxyl groups excluding tert-OH is 1. The number of amides is 1. The van der Waals surface area contributed by atoms with Crippen molar-refractivity contribution in [2.75, 3.05) is 30.4 Å². The molecule has 0 aliphatic carbocycles. The maximum Gasteiger partial charge on any atom is 0.211 e. The summed E-state index contributed by atoms with van der Waals surface area (Å²) in [5.41, 5.74) is 1.57.